The monoisotopic (exact) mass is 1190 g/mol. The highest BCUT2D eigenvalue weighted by Gasteiger charge is 3.00. The Labute approximate surface area is 361 Å². The van der Waals surface area contributed by atoms with Crippen molar-refractivity contribution in [3.8, 4) is 0 Å². The van der Waals surface area contributed by atoms with Crippen molar-refractivity contribution in [1.82, 2.24) is 0 Å². The van der Waals surface area contributed by atoms with Crippen molar-refractivity contribution in [2.45, 2.75) is 125 Å². The van der Waals surface area contributed by atoms with Crippen LogP contribution in [-0.4, -0.2) is 141 Å². The van der Waals surface area contributed by atoms with Crippen molar-refractivity contribution < 1.29 is 190 Å². The molecule has 0 amide bonds. The number of alkyl halides is 42. The molecule has 0 aliphatic heterocycles. The highest BCUT2D eigenvalue weighted by Crippen LogP contribution is 2.69. The van der Waals surface area contributed by atoms with E-state index >= 15 is 0 Å². The van der Waals surface area contributed by atoms with E-state index in [-0.39, 0.29) is 0 Å². The van der Waals surface area contributed by atoms with Gasteiger partial charge >= 0.3 is 118 Å². The van der Waals surface area contributed by atoms with Crippen molar-refractivity contribution in [2.75, 3.05) is 18.1 Å². The van der Waals surface area contributed by atoms with E-state index in [2.05, 4.69) is 0 Å². The van der Waals surface area contributed by atoms with Crippen LogP contribution in [0.4, 0.5) is 184 Å². The molecule has 0 radical (unpaired) electrons. The molecule has 45 heteroatoms. The van der Waals surface area contributed by atoms with Gasteiger partial charge in [-0.05, 0) is 0 Å². The number of halogens is 42. The average molecular weight is 1190 g/mol. The summed E-state index contributed by atoms with van der Waals surface area (Å²) in [5.41, 5.74) is -3.97. The molecule has 1 N–H and O–H groups in total. The first-order chi connectivity index (χ1) is 29.5. The van der Waals surface area contributed by atoms with Gasteiger partial charge in [0.2, 0.25) is 0 Å². The SMILES string of the molecule is CC(CO)(CSC(F)(F)C(F)(F)C(F)(F)C(F)(F)C(F)(F)C(F)(F)C(F)(F)C(F)(F)C(F)(F)C(F)(F)F)CSC(F)(F)C(F)(F)C(F)(F)C(F)(F)C(F)(F)C(F)(F)C(F)(F)C(F)(F)C(F)(F)C(F)(F)F. The normalized spacial score (nSPS) is 17.1. The average Bonchev–Trinajstić information content (AvgIpc) is 3.14. The summed E-state index contributed by atoms with van der Waals surface area (Å²) in [7, 11) is 0. The minimum absolute atomic E-state index is 0.504. The molecule has 0 aliphatic rings. The standard InChI is InChI=1S/C25H10F42OS2/c1-5(2-68,3-69-24(64,65)20(54,55)16(46,47)12(38,39)8(30,31)6(26,27)10(34,35)14(42,43)18(50,51)22(58,59)60)4-70-25(66,67)21(56,57)17(48,49)13(40,41)9(32,33)7(28,29)11(36,37)15(44,45)19(52,53)23(61,62)63/h68H,2-4H2,1H3. The maximum atomic E-state index is 14.3. The molecule has 0 aliphatic carbocycles. The Morgan fingerprint density at radius 1 is 0.229 bits per heavy atom. The predicted molar refractivity (Wildman–Crippen MR) is 141 cm³/mol. The van der Waals surface area contributed by atoms with Crippen molar-refractivity contribution >= 4 is 23.5 Å². The second-order valence-electron chi connectivity index (χ2n) is 13.8. The molecule has 0 aromatic rings. The van der Waals surface area contributed by atoms with Gasteiger partial charge in [-0.2, -0.15) is 184 Å². The fourth-order valence-corrected chi connectivity index (χ4v) is 6.13. The highest BCUT2D eigenvalue weighted by molar-refractivity contribution is 8.01. The van der Waals surface area contributed by atoms with Crippen LogP contribution in [0.15, 0.2) is 0 Å². The van der Waals surface area contributed by atoms with Crippen molar-refractivity contribution in [3.63, 3.8) is 0 Å². The summed E-state index contributed by atoms with van der Waals surface area (Å²) in [6.45, 7) is -3.18. The third-order valence-corrected chi connectivity index (χ3v) is 11.5. The van der Waals surface area contributed by atoms with Crippen LogP contribution < -0.4 is 0 Å². The van der Waals surface area contributed by atoms with Gasteiger partial charge in [-0.15, -0.1) is 0 Å². The highest BCUT2D eigenvalue weighted by atomic mass is 32.2. The van der Waals surface area contributed by atoms with Crippen molar-refractivity contribution in [1.29, 1.82) is 0 Å². The van der Waals surface area contributed by atoms with Crippen LogP contribution in [0.1, 0.15) is 6.92 Å². The fraction of sp³-hybridized carbons (Fsp3) is 1.00. The van der Waals surface area contributed by atoms with Crippen LogP contribution in [0.3, 0.4) is 0 Å². The van der Waals surface area contributed by atoms with E-state index in [9.17, 15) is 184 Å². The van der Waals surface area contributed by atoms with Gasteiger partial charge in [-0.25, -0.2) is 0 Å². The number of rotatable bonds is 23. The molecule has 0 rings (SSSR count). The lowest BCUT2D eigenvalue weighted by molar-refractivity contribution is -0.472. The Morgan fingerprint density at radius 3 is 0.486 bits per heavy atom. The number of aliphatic hydroxyl groups is 1. The third kappa shape index (κ3) is 8.81. The molecule has 0 unspecified atom stereocenters. The third-order valence-electron chi connectivity index (χ3n) is 8.55. The van der Waals surface area contributed by atoms with Gasteiger partial charge in [0.15, 0.2) is 0 Å². The van der Waals surface area contributed by atoms with Gasteiger partial charge in [0.25, 0.3) is 0 Å². The lowest BCUT2D eigenvalue weighted by atomic mass is 9.87. The molecule has 0 saturated carbocycles. The van der Waals surface area contributed by atoms with E-state index < -0.39 is 172 Å². The van der Waals surface area contributed by atoms with E-state index in [4.69, 9.17) is 5.11 Å². The number of aliphatic hydroxyl groups excluding tert-OH is 1. The molecular weight excluding hydrogens is 1180 g/mol. The summed E-state index contributed by atoms with van der Waals surface area (Å²) >= 11 is -5.72. The molecule has 0 atom stereocenters. The van der Waals surface area contributed by atoms with Crippen LogP contribution in [0.25, 0.3) is 0 Å². The van der Waals surface area contributed by atoms with Gasteiger partial charge in [0.1, 0.15) is 0 Å². The van der Waals surface area contributed by atoms with E-state index in [1.165, 1.54) is 0 Å². The van der Waals surface area contributed by atoms with Gasteiger partial charge in [-0.1, -0.05) is 30.4 Å². The number of hydrogen-bond acceptors (Lipinski definition) is 3. The maximum absolute atomic E-state index is 14.3. The molecule has 0 fully saturated rings. The predicted octanol–water partition coefficient (Wildman–Crippen LogP) is 14.9. The summed E-state index contributed by atoms with van der Waals surface area (Å²) in [5.74, 6) is -156. The van der Waals surface area contributed by atoms with Crippen LogP contribution in [-0.2, 0) is 0 Å². The minimum Gasteiger partial charge on any atom is -0.396 e. The molecular formula is C25H10F42OS2. The Kier molecular flexibility index (Phi) is 16.8. The van der Waals surface area contributed by atoms with E-state index in [0.29, 0.717) is 0 Å². The van der Waals surface area contributed by atoms with Gasteiger partial charge < -0.3 is 5.11 Å². The summed E-state index contributed by atoms with van der Waals surface area (Å²) in [5, 5.41) is -6.37. The van der Waals surface area contributed by atoms with E-state index in [1.807, 2.05) is 0 Å². The molecule has 0 saturated heterocycles. The Morgan fingerprint density at radius 2 is 0.357 bits per heavy atom. The van der Waals surface area contributed by atoms with Crippen LogP contribution in [0.2, 0.25) is 0 Å². The smallest absolute Gasteiger partial charge is 0.396 e. The Bertz CT molecular complexity index is 1710. The zero-order valence-electron chi connectivity index (χ0n) is 30.8. The number of hydrogen-bond donors (Lipinski definition) is 1. The van der Waals surface area contributed by atoms with Crippen molar-refractivity contribution in [2.24, 2.45) is 5.41 Å². The molecule has 0 spiro atoms. The molecule has 0 aromatic heterocycles. The maximum Gasteiger partial charge on any atom is 0.460 e. The summed E-state index contributed by atoms with van der Waals surface area (Å²) in [4.78, 5) is 0. The van der Waals surface area contributed by atoms with Gasteiger partial charge in [-0.3, -0.25) is 0 Å². The second kappa shape index (κ2) is 17.4. The molecule has 0 aromatic carbocycles. The summed E-state index contributed by atoms with van der Waals surface area (Å²) in [6, 6.07) is 0. The molecule has 0 bridgehead atoms. The summed E-state index contributed by atoms with van der Waals surface area (Å²) in [6.07, 6.45) is -16.7. The van der Waals surface area contributed by atoms with Crippen molar-refractivity contribution in [3.05, 3.63) is 0 Å². The van der Waals surface area contributed by atoms with Crippen LogP contribution in [0.5, 0.6) is 0 Å². The molecule has 70 heavy (non-hydrogen) atoms. The largest absolute Gasteiger partial charge is 0.460 e. The Balaban J connectivity index is 7.13. The van der Waals surface area contributed by atoms with Gasteiger partial charge in [0.05, 0.1) is 6.61 Å². The molecule has 1 nitrogen and oxygen atoms in total. The molecule has 0 heterocycles. The lowest BCUT2D eigenvalue weighted by Crippen LogP contribution is -2.76. The topological polar surface area (TPSA) is 20.2 Å². The van der Waals surface area contributed by atoms with E-state index in [1.54, 1.807) is 0 Å². The first kappa shape index (κ1) is 67.7. The first-order valence-corrected chi connectivity index (χ1v) is 17.3. The summed E-state index contributed by atoms with van der Waals surface area (Å²) < 4.78 is 570. The molecule has 422 valence electrons. The minimum atomic E-state index is -9.71. The fourth-order valence-electron chi connectivity index (χ4n) is 3.93. The van der Waals surface area contributed by atoms with E-state index in [0.717, 1.165) is 0 Å². The first-order valence-electron chi connectivity index (χ1n) is 15.3. The lowest BCUT2D eigenvalue weighted by Gasteiger charge is -2.44. The second-order valence-corrected chi connectivity index (χ2v) is 15.9. The zero-order valence-corrected chi connectivity index (χ0v) is 32.4. The number of thioether (sulfide) groups is 2. The zero-order chi connectivity index (χ0) is 58.0. The Hall–Kier alpha value is -2.28. The van der Waals surface area contributed by atoms with Crippen LogP contribution in [0, 0.1) is 5.41 Å². The van der Waals surface area contributed by atoms with Gasteiger partial charge in [0, 0.05) is 16.9 Å². The quantitative estimate of drug-likeness (QED) is 0.103. The van der Waals surface area contributed by atoms with Crippen LogP contribution >= 0.6 is 23.5 Å².